The van der Waals surface area contributed by atoms with Gasteiger partial charge in [0.25, 0.3) is 0 Å². The Balaban J connectivity index is 2.39. The molecule has 0 fully saturated rings. The van der Waals surface area contributed by atoms with Gasteiger partial charge in [-0.2, -0.15) is 0 Å². The maximum absolute atomic E-state index is 5.84. The van der Waals surface area contributed by atoms with Crippen LogP contribution in [0.3, 0.4) is 0 Å². The van der Waals surface area contributed by atoms with Crippen LogP contribution in [0, 0.1) is 0 Å². The highest BCUT2D eigenvalue weighted by molar-refractivity contribution is 9.10. The predicted molar refractivity (Wildman–Crippen MR) is 76.5 cm³/mol. The number of ether oxygens (including phenoxy) is 1. The van der Waals surface area contributed by atoms with Crippen LogP contribution in [-0.2, 0) is 11.3 Å². The van der Waals surface area contributed by atoms with E-state index in [9.17, 15) is 0 Å². The Labute approximate surface area is 120 Å². The summed E-state index contributed by atoms with van der Waals surface area (Å²) >= 11 is 3.42. The molecule has 0 aliphatic carbocycles. The molecule has 0 radical (unpaired) electrons. The van der Waals surface area contributed by atoms with Gasteiger partial charge in [0.2, 0.25) is 0 Å². The Morgan fingerprint density at radius 3 is 2.74 bits per heavy atom. The van der Waals surface area contributed by atoms with E-state index in [4.69, 9.17) is 10.5 Å². The third-order valence-electron chi connectivity index (χ3n) is 2.79. The summed E-state index contributed by atoms with van der Waals surface area (Å²) < 4.78 is 8.00. The molecule has 0 unspecified atom stereocenters. The second-order valence-corrected chi connectivity index (χ2v) is 5.81. The lowest BCUT2D eigenvalue weighted by molar-refractivity contribution is 0.00539. The lowest BCUT2D eigenvalue weighted by Gasteiger charge is -2.22. The van der Waals surface area contributed by atoms with Crippen LogP contribution in [0.15, 0.2) is 22.7 Å². The Bertz CT molecular complexity index is 561. The number of halogens is 1. The van der Waals surface area contributed by atoms with Crippen molar-refractivity contribution in [3.63, 3.8) is 0 Å². The summed E-state index contributed by atoms with van der Waals surface area (Å²) in [4.78, 5) is 0. The van der Waals surface area contributed by atoms with Gasteiger partial charge in [0.1, 0.15) is 0 Å². The van der Waals surface area contributed by atoms with Crippen molar-refractivity contribution < 1.29 is 4.74 Å². The number of hydrogen-bond acceptors (Lipinski definition) is 5. The molecule has 1 aromatic heterocycles. The van der Waals surface area contributed by atoms with Crippen molar-refractivity contribution in [3.05, 3.63) is 22.7 Å². The average Bonchev–Trinajstić information content (AvgIpc) is 2.75. The van der Waals surface area contributed by atoms with E-state index >= 15 is 0 Å². The molecular formula is C12H16BrN5O. The first-order chi connectivity index (χ1) is 8.91. The molecule has 102 valence electrons. The van der Waals surface area contributed by atoms with Gasteiger partial charge in [-0.05, 0) is 42.5 Å². The number of methoxy groups -OCH3 is 1. The first-order valence-electron chi connectivity index (χ1n) is 5.79. The van der Waals surface area contributed by atoms with Crippen LogP contribution in [0.25, 0.3) is 11.4 Å². The molecule has 0 spiro atoms. The highest BCUT2D eigenvalue weighted by Crippen LogP contribution is 2.25. The zero-order chi connectivity index (χ0) is 14.0. The van der Waals surface area contributed by atoms with Gasteiger partial charge in [-0.15, -0.1) is 5.10 Å². The van der Waals surface area contributed by atoms with Crippen molar-refractivity contribution in [2.45, 2.75) is 26.0 Å². The Morgan fingerprint density at radius 2 is 2.11 bits per heavy atom. The van der Waals surface area contributed by atoms with Crippen LogP contribution in [0.1, 0.15) is 13.8 Å². The molecule has 0 atom stereocenters. The number of nitrogen functional groups attached to an aromatic ring is 1. The first-order valence-corrected chi connectivity index (χ1v) is 6.58. The minimum absolute atomic E-state index is 0.346. The van der Waals surface area contributed by atoms with E-state index in [-0.39, 0.29) is 5.60 Å². The van der Waals surface area contributed by atoms with Gasteiger partial charge in [0.05, 0.1) is 12.1 Å². The van der Waals surface area contributed by atoms with Crippen molar-refractivity contribution in [3.8, 4) is 11.4 Å². The molecule has 7 heteroatoms. The minimum Gasteiger partial charge on any atom is -0.399 e. The van der Waals surface area contributed by atoms with Crippen LogP contribution in [0.4, 0.5) is 5.69 Å². The fraction of sp³-hybridized carbons (Fsp3) is 0.417. The SMILES string of the molecule is COC(C)(C)Cn1nnnc1-c1cc(N)cc(Br)c1. The molecule has 2 rings (SSSR count). The molecular weight excluding hydrogens is 310 g/mol. The molecule has 0 aliphatic rings. The Hall–Kier alpha value is -1.47. The topological polar surface area (TPSA) is 78.8 Å². The first kappa shape index (κ1) is 14.0. The normalized spacial score (nSPS) is 11.8. The predicted octanol–water partition coefficient (Wildman–Crippen LogP) is 2.11. The molecule has 0 aliphatic heterocycles. The fourth-order valence-electron chi connectivity index (χ4n) is 1.68. The average molecular weight is 326 g/mol. The van der Waals surface area contributed by atoms with E-state index in [0.717, 1.165) is 10.0 Å². The molecule has 6 nitrogen and oxygen atoms in total. The van der Waals surface area contributed by atoms with E-state index in [1.807, 2.05) is 32.0 Å². The molecule has 2 N–H and O–H groups in total. The van der Waals surface area contributed by atoms with Gasteiger partial charge in [-0.1, -0.05) is 15.9 Å². The van der Waals surface area contributed by atoms with Crippen molar-refractivity contribution in [2.24, 2.45) is 0 Å². The molecule has 19 heavy (non-hydrogen) atoms. The van der Waals surface area contributed by atoms with Gasteiger partial charge < -0.3 is 10.5 Å². The smallest absolute Gasteiger partial charge is 0.182 e. The molecule has 1 aromatic carbocycles. The third kappa shape index (κ3) is 3.30. The standard InChI is InChI=1S/C12H16BrN5O/c1-12(2,19-3)7-18-11(15-16-17-18)8-4-9(13)6-10(14)5-8/h4-6H,7,14H2,1-3H3. The number of nitrogens with two attached hydrogens (primary N) is 1. The summed E-state index contributed by atoms with van der Waals surface area (Å²) in [5.41, 5.74) is 7.01. The maximum atomic E-state index is 5.84. The summed E-state index contributed by atoms with van der Waals surface area (Å²) in [5.74, 6) is 0.665. The van der Waals surface area contributed by atoms with Gasteiger partial charge >= 0.3 is 0 Å². The number of nitrogens with zero attached hydrogens (tertiary/aromatic N) is 4. The highest BCUT2D eigenvalue weighted by Gasteiger charge is 2.21. The largest absolute Gasteiger partial charge is 0.399 e. The maximum Gasteiger partial charge on any atom is 0.182 e. The number of tetrazole rings is 1. The number of anilines is 1. The zero-order valence-electron chi connectivity index (χ0n) is 11.1. The molecule has 0 saturated carbocycles. The van der Waals surface area contributed by atoms with Crippen molar-refractivity contribution in [2.75, 3.05) is 12.8 Å². The quantitative estimate of drug-likeness (QED) is 0.871. The van der Waals surface area contributed by atoms with Crippen LogP contribution in [0.2, 0.25) is 0 Å². The zero-order valence-corrected chi connectivity index (χ0v) is 12.7. The fourth-order valence-corrected chi connectivity index (χ4v) is 2.20. The second-order valence-electron chi connectivity index (χ2n) is 4.90. The van der Waals surface area contributed by atoms with Crippen LogP contribution >= 0.6 is 15.9 Å². The van der Waals surface area contributed by atoms with Crippen LogP contribution in [-0.4, -0.2) is 32.9 Å². The Kier molecular flexibility index (Phi) is 3.86. The van der Waals surface area contributed by atoms with Gasteiger partial charge in [0.15, 0.2) is 5.82 Å². The monoisotopic (exact) mass is 325 g/mol. The number of hydrogen-bond donors (Lipinski definition) is 1. The number of aromatic nitrogens is 4. The summed E-state index contributed by atoms with van der Waals surface area (Å²) in [7, 11) is 1.67. The molecule has 2 aromatic rings. The summed E-state index contributed by atoms with van der Waals surface area (Å²) in [6, 6.07) is 5.60. The van der Waals surface area contributed by atoms with E-state index in [1.165, 1.54) is 0 Å². The van der Waals surface area contributed by atoms with Crippen LogP contribution < -0.4 is 5.73 Å². The van der Waals surface area contributed by atoms with E-state index < -0.39 is 0 Å². The molecule has 1 heterocycles. The van der Waals surface area contributed by atoms with Crippen molar-refractivity contribution in [1.82, 2.24) is 20.2 Å². The van der Waals surface area contributed by atoms with Gasteiger partial charge in [0, 0.05) is 22.8 Å². The van der Waals surface area contributed by atoms with Gasteiger partial charge in [-0.25, -0.2) is 4.68 Å². The van der Waals surface area contributed by atoms with Gasteiger partial charge in [-0.3, -0.25) is 0 Å². The Morgan fingerprint density at radius 1 is 1.37 bits per heavy atom. The highest BCUT2D eigenvalue weighted by atomic mass is 79.9. The molecule has 0 saturated heterocycles. The van der Waals surface area contributed by atoms with E-state index in [2.05, 4.69) is 31.5 Å². The summed E-state index contributed by atoms with van der Waals surface area (Å²) in [6.07, 6.45) is 0. The third-order valence-corrected chi connectivity index (χ3v) is 3.25. The lowest BCUT2D eigenvalue weighted by atomic mass is 10.1. The van der Waals surface area contributed by atoms with Crippen molar-refractivity contribution >= 4 is 21.6 Å². The number of rotatable bonds is 4. The van der Waals surface area contributed by atoms with E-state index in [0.29, 0.717) is 18.1 Å². The second kappa shape index (κ2) is 5.26. The molecule has 0 amide bonds. The number of benzene rings is 1. The summed E-state index contributed by atoms with van der Waals surface area (Å²) in [6.45, 7) is 4.51. The summed E-state index contributed by atoms with van der Waals surface area (Å²) in [5, 5.41) is 11.8. The molecule has 0 bridgehead atoms. The van der Waals surface area contributed by atoms with Crippen molar-refractivity contribution in [1.29, 1.82) is 0 Å². The van der Waals surface area contributed by atoms with Crippen LogP contribution in [0.5, 0.6) is 0 Å². The minimum atomic E-state index is -0.346. The lowest BCUT2D eigenvalue weighted by Crippen LogP contribution is -2.30. The van der Waals surface area contributed by atoms with E-state index in [1.54, 1.807) is 11.8 Å².